The number of aromatic nitrogens is 3. The van der Waals surface area contributed by atoms with Gasteiger partial charge in [-0.1, -0.05) is 0 Å². The van der Waals surface area contributed by atoms with Crippen molar-refractivity contribution in [3.8, 4) is 10.7 Å². The topological polar surface area (TPSA) is 72.8 Å². The Morgan fingerprint density at radius 3 is 2.69 bits per heavy atom. The van der Waals surface area contributed by atoms with E-state index in [1.165, 1.54) is 17.5 Å². The van der Waals surface area contributed by atoms with Gasteiger partial charge < -0.3 is 0 Å². The van der Waals surface area contributed by atoms with E-state index >= 15 is 0 Å². The third-order valence-electron chi connectivity index (χ3n) is 1.69. The predicted octanol–water partition coefficient (Wildman–Crippen LogP) is 1.77. The summed E-state index contributed by atoms with van der Waals surface area (Å²) < 4.78 is 23.2. The summed E-state index contributed by atoms with van der Waals surface area (Å²) in [5.74, 6) is 0. The van der Waals surface area contributed by atoms with Crippen molar-refractivity contribution >= 4 is 37.1 Å². The maximum Gasteiger partial charge on any atom is 0.247 e. The minimum absolute atomic E-state index is 0.194. The lowest BCUT2D eigenvalue weighted by atomic mass is 10.4. The van der Waals surface area contributed by atoms with E-state index < -0.39 is 9.84 Å². The van der Waals surface area contributed by atoms with Crippen molar-refractivity contribution in [2.24, 2.45) is 0 Å². The number of hydrogen-bond donors (Lipinski definition) is 0. The minimum atomic E-state index is -3.40. The lowest BCUT2D eigenvalue weighted by Crippen LogP contribution is -2.04. The summed E-state index contributed by atoms with van der Waals surface area (Å²) in [7, 11) is -3.40. The average Bonchev–Trinajstić information content (AvgIpc) is 2.69. The largest absolute Gasteiger partial charge is 0.247 e. The molecule has 0 aliphatic rings. The summed E-state index contributed by atoms with van der Waals surface area (Å²) in [5.41, 5.74) is 0.491. The molecule has 2 rings (SSSR count). The van der Waals surface area contributed by atoms with Gasteiger partial charge in [0.05, 0.1) is 4.47 Å². The second-order valence-electron chi connectivity index (χ2n) is 2.96. The summed E-state index contributed by atoms with van der Waals surface area (Å²) in [4.78, 5) is 11.8. The van der Waals surface area contributed by atoms with Crippen molar-refractivity contribution < 1.29 is 8.42 Å². The molecule has 0 spiro atoms. The van der Waals surface area contributed by atoms with Crippen LogP contribution in [0.5, 0.6) is 0 Å². The van der Waals surface area contributed by atoms with Crippen LogP contribution in [0, 0.1) is 0 Å². The molecule has 0 atom stereocenters. The van der Waals surface area contributed by atoms with E-state index in [4.69, 9.17) is 0 Å². The molecular formula is C8H6BrN3O2S2. The van der Waals surface area contributed by atoms with Crippen LogP contribution in [0.15, 0.2) is 27.4 Å². The van der Waals surface area contributed by atoms with Crippen LogP contribution >= 0.6 is 27.3 Å². The quantitative estimate of drug-likeness (QED) is 0.789. The van der Waals surface area contributed by atoms with Gasteiger partial charge in [-0.05, 0) is 15.9 Å². The van der Waals surface area contributed by atoms with Gasteiger partial charge in [0.15, 0.2) is 0 Å². The monoisotopic (exact) mass is 319 g/mol. The molecule has 0 aromatic carbocycles. The fourth-order valence-corrected chi connectivity index (χ4v) is 2.67. The van der Waals surface area contributed by atoms with Crippen molar-refractivity contribution in [3.05, 3.63) is 22.2 Å². The summed E-state index contributed by atoms with van der Waals surface area (Å²) in [5, 5.41) is 2.25. The first-order valence-electron chi connectivity index (χ1n) is 4.11. The van der Waals surface area contributed by atoms with Crippen LogP contribution in [-0.4, -0.2) is 29.6 Å². The molecule has 2 heterocycles. The molecule has 0 N–H and O–H groups in total. The number of thiazole rings is 1. The molecule has 84 valence electrons. The van der Waals surface area contributed by atoms with Gasteiger partial charge in [-0.25, -0.2) is 23.4 Å². The second-order valence-corrected chi connectivity index (χ2v) is 6.62. The molecule has 0 aliphatic heterocycles. The summed E-state index contributed by atoms with van der Waals surface area (Å²) in [6, 6.07) is 0. The number of halogens is 1. The molecule has 0 bridgehead atoms. The summed E-state index contributed by atoms with van der Waals surface area (Å²) in [6.45, 7) is 0. The van der Waals surface area contributed by atoms with Crippen molar-refractivity contribution in [2.75, 3.05) is 6.26 Å². The van der Waals surface area contributed by atoms with Crippen LogP contribution in [0.2, 0.25) is 0 Å². The standard InChI is InChI=1S/C8H6BrN3O2S2/c1-16(13,14)8-11-4-5(9)6(12-8)7-10-2-3-15-7/h2-4H,1H3. The zero-order valence-electron chi connectivity index (χ0n) is 8.08. The van der Waals surface area contributed by atoms with E-state index in [1.54, 1.807) is 11.6 Å². The van der Waals surface area contributed by atoms with Gasteiger partial charge in [-0.15, -0.1) is 11.3 Å². The molecule has 0 aliphatic carbocycles. The molecule has 16 heavy (non-hydrogen) atoms. The van der Waals surface area contributed by atoms with Gasteiger partial charge in [0.1, 0.15) is 10.7 Å². The highest BCUT2D eigenvalue weighted by molar-refractivity contribution is 9.10. The van der Waals surface area contributed by atoms with Gasteiger partial charge in [-0.3, -0.25) is 0 Å². The Morgan fingerprint density at radius 2 is 2.12 bits per heavy atom. The second kappa shape index (κ2) is 4.19. The van der Waals surface area contributed by atoms with Crippen molar-refractivity contribution in [3.63, 3.8) is 0 Å². The highest BCUT2D eigenvalue weighted by atomic mass is 79.9. The Kier molecular flexibility index (Phi) is 3.04. The zero-order chi connectivity index (χ0) is 11.8. The number of hydrogen-bond acceptors (Lipinski definition) is 6. The van der Waals surface area contributed by atoms with Crippen molar-refractivity contribution in [1.29, 1.82) is 0 Å². The fraction of sp³-hybridized carbons (Fsp3) is 0.125. The highest BCUT2D eigenvalue weighted by Crippen LogP contribution is 2.27. The number of nitrogens with zero attached hydrogens (tertiary/aromatic N) is 3. The number of rotatable bonds is 2. The van der Waals surface area contributed by atoms with E-state index in [9.17, 15) is 8.42 Å². The Labute approximate surface area is 105 Å². The first kappa shape index (κ1) is 11.6. The smallest absolute Gasteiger partial charge is 0.243 e. The molecule has 0 fully saturated rings. The Morgan fingerprint density at radius 1 is 1.38 bits per heavy atom. The zero-order valence-corrected chi connectivity index (χ0v) is 11.3. The van der Waals surface area contributed by atoms with Crippen LogP contribution in [0.1, 0.15) is 0 Å². The van der Waals surface area contributed by atoms with Crippen LogP contribution in [0.25, 0.3) is 10.7 Å². The molecule has 0 unspecified atom stereocenters. The lowest BCUT2D eigenvalue weighted by molar-refractivity contribution is 0.593. The minimum Gasteiger partial charge on any atom is -0.243 e. The Bertz CT molecular complexity index is 610. The SMILES string of the molecule is CS(=O)(=O)c1ncc(Br)c(-c2nccs2)n1. The Balaban J connectivity index is 2.63. The van der Waals surface area contributed by atoms with E-state index in [0.717, 1.165) is 6.26 Å². The van der Waals surface area contributed by atoms with E-state index in [2.05, 4.69) is 30.9 Å². The summed E-state index contributed by atoms with van der Waals surface area (Å²) >= 11 is 4.65. The van der Waals surface area contributed by atoms with Gasteiger partial charge in [-0.2, -0.15) is 0 Å². The van der Waals surface area contributed by atoms with Crippen LogP contribution in [0.4, 0.5) is 0 Å². The highest BCUT2D eigenvalue weighted by Gasteiger charge is 2.15. The van der Waals surface area contributed by atoms with Gasteiger partial charge in [0, 0.05) is 24.0 Å². The third kappa shape index (κ3) is 2.28. The van der Waals surface area contributed by atoms with E-state index in [1.807, 2.05) is 0 Å². The van der Waals surface area contributed by atoms with E-state index in [-0.39, 0.29) is 5.16 Å². The molecule has 8 heteroatoms. The molecule has 0 saturated carbocycles. The van der Waals surface area contributed by atoms with Crippen LogP contribution in [0.3, 0.4) is 0 Å². The van der Waals surface area contributed by atoms with Gasteiger partial charge in [0.25, 0.3) is 0 Å². The third-order valence-corrected chi connectivity index (χ3v) is 3.91. The normalized spacial score (nSPS) is 11.6. The fourth-order valence-electron chi connectivity index (χ4n) is 1.02. The first-order chi connectivity index (χ1) is 7.48. The first-order valence-corrected chi connectivity index (χ1v) is 7.67. The van der Waals surface area contributed by atoms with Gasteiger partial charge in [0.2, 0.25) is 15.0 Å². The van der Waals surface area contributed by atoms with E-state index in [0.29, 0.717) is 15.2 Å². The van der Waals surface area contributed by atoms with Crippen LogP contribution < -0.4 is 0 Å². The number of sulfone groups is 1. The molecule has 2 aromatic rings. The molecule has 0 saturated heterocycles. The molecule has 0 amide bonds. The Hall–Kier alpha value is -0.860. The van der Waals surface area contributed by atoms with Gasteiger partial charge >= 0.3 is 0 Å². The van der Waals surface area contributed by atoms with Crippen molar-refractivity contribution in [1.82, 2.24) is 15.0 Å². The van der Waals surface area contributed by atoms with Crippen LogP contribution in [-0.2, 0) is 9.84 Å². The maximum atomic E-state index is 11.3. The molecule has 5 nitrogen and oxygen atoms in total. The lowest BCUT2D eigenvalue weighted by Gasteiger charge is -2.01. The van der Waals surface area contributed by atoms with Crippen molar-refractivity contribution in [2.45, 2.75) is 5.16 Å². The summed E-state index contributed by atoms with van der Waals surface area (Å²) in [6.07, 6.45) is 4.12. The molecule has 0 radical (unpaired) electrons. The maximum absolute atomic E-state index is 11.3. The molecule has 2 aromatic heterocycles. The predicted molar refractivity (Wildman–Crippen MR) is 63.9 cm³/mol. The molecular weight excluding hydrogens is 314 g/mol. The average molecular weight is 320 g/mol.